The lowest BCUT2D eigenvalue weighted by molar-refractivity contribution is 0.0556. The number of rotatable bonds is 6. The maximum absolute atomic E-state index is 11.9. The highest BCUT2D eigenvalue weighted by atomic mass is 16.5. The van der Waals surface area contributed by atoms with Gasteiger partial charge >= 0.3 is 5.97 Å². The van der Waals surface area contributed by atoms with E-state index in [4.69, 9.17) is 20.6 Å². The van der Waals surface area contributed by atoms with Crippen molar-refractivity contribution in [3.05, 3.63) is 59.2 Å². The summed E-state index contributed by atoms with van der Waals surface area (Å²) in [4.78, 5) is 11.9. The molecule has 0 radical (unpaired) electrons. The molecule has 4 nitrogen and oxygen atoms in total. The van der Waals surface area contributed by atoms with Crippen molar-refractivity contribution < 1.29 is 19.0 Å². The van der Waals surface area contributed by atoms with Crippen molar-refractivity contribution in [2.75, 3.05) is 13.7 Å². The molecular weight excluding hydrogens is 292 g/mol. The van der Waals surface area contributed by atoms with Gasteiger partial charge in [0.25, 0.3) is 0 Å². The van der Waals surface area contributed by atoms with Crippen LogP contribution in [0.5, 0.6) is 11.5 Å². The molecule has 0 aliphatic rings. The van der Waals surface area contributed by atoms with E-state index in [1.165, 1.54) is 0 Å². The molecule has 4 heteroatoms. The first-order valence-electron chi connectivity index (χ1n) is 7.11. The number of ether oxygens (including phenoxy) is 3. The minimum Gasteiger partial charge on any atom is -0.493 e. The molecule has 0 heterocycles. The van der Waals surface area contributed by atoms with Gasteiger partial charge in [-0.3, -0.25) is 0 Å². The van der Waals surface area contributed by atoms with Crippen LogP contribution in [-0.2, 0) is 11.3 Å². The molecule has 0 bridgehead atoms. The number of terminal acetylenes is 1. The van der Waals surface area contributed by atoms with Gasteiger partial charge in [-0.05, 0) is 36.2 Å². The van der Waals surface area contributed by atoms with Crippen LogP contribution in [0.1, 0.15) is 21.5 Å². The van der Waals surface area contributed by atoms with Crippen molar-refractivity contribution >= 4 is 5.97 Å². The summed E-state index contributed by atoms with van der Waals surface area (Å²) in [7, 11) is 1.55. The largest absolute Gasteiger partial charge is 0.493 e. The molecule has 0 aliphatic heterocycles. The molecule has 0 aliphatic carbocycles. The Bertz CT molecular complexity index is 728. The van der Waals surface area contributed by atoms with E-state index >= 15 is 0 Å². The standard InChI is InChI=1S/C19H18O4/c1-4-11-22-19(20)15-9-10-17(21-3)18(12-15)23-13-16-8-6-5-7-14(16)2/h1,5-10,12H,11,13H2,2-3H3. The highest BCUT2D eigenvalue weighted by Gasteiger charge is 2.12. The maximum atomic E-state index is 11.9. The Morgan fingerprint density at radius 3 is 2.65 bits per heavy atom. The Balaban J connectivity index is 2.17. The van der Waals surface area contributed by atoms with E-state index in [1.807, 2.05) is 31.2 Å². The molecule has 23 heavy (non-hydrogen) atoms. The number of carbonyl (C=O) groups excluding carboxylic acids is 1. The van der Waals surface area contributed by atoms with Crippen molar-refractivity contribution in [2.45, 2.75) is 13.5 Å². The highest BCUT2D eigenvalue weighted by Crippen LogP contribution is 2.29. The summed E-state index contributed by atoms with van der Waals surface area (Å²) in [6.07, 6.45) is 5.08. The van der Waals surface area contributed by atoms with E-state index in [-0.39, 0.29) is 6.61 Å². The van der Waals surface area contributed by atoms with Gasteiger partial charge in [0.15, 0.2) is 18.1 Å². The quantitative estimate of drug-likeness (QED) is 0.606. The molecular formula is C19H18O4. The second-order valence-corrected chi connectivity index (χ2v) is 4.86. The van der Waals surface area contributed by atoms with Crippen LogP contribution >= 0.6 is 0 Å². The number of benzene rings is 2. The van der Waals surface area contributed by atoms with Gasteiger partial charge in [-0.15, -0.1) is 6.42 Å². The first kappa shape index (κ1) is 16.4. The van der Waals surface area contributed by atoms with E-state index in [0.717, 1.165) is 11.1 Å². The van der Waals surface area contributed by atoms with Crippen LogP contribution in [0, 0.1) is 19.3 Å². The first-order valence-corrected chi connectivity index (χ1v) is 7.11. The Hall–Kier alpha value is -2.93. The van der Waals surface area contributed by atoms with Gasteiger partial charge in [0.2, 0.25) is 0 Å². The second-order valence-electron chi connectivity index (χ2n) is 4.86. The number of hydrogen-bond acceptors (Lipinski definition) is 4. The zero-order valence-electron chi connectivity index (χ0n) is 13.2. The summed E-state index contributed by atoms with van der Waals surface area (Å²) in [5.74, 6) is 2.79. The molecule has 0 atom stereocenters. The van der Waals surface area contributed by atoms with Crippen molar-refractivity contribution in [3.63, 3.8) is 0 Å². The minimum absolute atomic E-state index is 0.0652. The van der Waals surface area contributed by atoms with Crippen LogP contribution in [0.4, 0.5) is 0 Å². The number of aryl methyl sites for hydroxylation is 1. The number of esters is 1. The minimum atomic E-state index is -0.494. The fourth-order valence-corrected chi connectivity index (χ4v) is 2.03. The van der Waals surface area contributed by atoms with E-state index in [0.29, 0.717) is 23.7 Å². The fraction of sp³-hybridized carbons (Fsp3) is 0.211. The fourth-order valence-electron chi connectivity index (χ4n) is 2.03. The lowest BCUT2D eigenvalue weighted by Crippen LogP contribution is -2.06. The smallest absolute Gasteiger partial charge is 0.339 e. The molecule has 2 aromatic rings. The summed E-state index contributed by atoms with van der Waals surface area (Å²) in [5, 5.41) is 0. The van der Waals surface area contributed by atoms with Crippen LogP contribution in [-0.4, -0.2) is 19.7 Å². The average molecular weight is 310 g/mol. The van der Waals surface area contributed by atoms with Gasteiger partial charge in [-0.25, -0.2) is 4.79 Å². The van der Waals surface area contributed by atoms with Gasteiger partial charge in [0.05, 0.1) is 12.7 Å². The Morgan fingerprint density at radius 2 is 1.96 bits per heavy atom. The third-order valence-electron chi connectivity index (χ3n) is 3.33. The van der Waals surface area contributed by atoms with Crippen LogP contribution < -0.4 is 9.47 Å². The van der Waals surface area contributed by atoms with Gasteiger partial charge < -0.3 is 14.2 Å². The monoisotopic (exact) mass is 310 g/mol. The van der Waals surface area contributed by atoms with Gasteiger partial charge in [-0.2, -0.15) is 0 Å². The predicted molar refractivity (Wildman–Crippen MR) is 87.6 cm³/mol. The first-order chi connectivity index (χ1) is 11.2. The van der Waals surface area contributed by atoms with Crippen LogP contribution in [0.2, 0.25) is 0 Å². The van der Waals surface area contributed by atoms with Crippen molar-refractivity contribution in [2.24, 2.45) is 0 Å². The molecule has 118 valence electrons. The van der Waals surface area contributed by atoms with Gasteiger partial charge in [0.1, 0.15) is 6.61 Å². The Labute approximate surface area is 136 Å². The van der Waals surface area contributed by atoms with E-state index < -0.39 is 5.97 Å². The molecule has 0 unspecified atom stereocenters. The molecule has 2 aromatic carbocycles. The molecule has 0 saturated carbocycles. The number of carbonyl (C=O) groups is 1. The molecule has 0 aromatic heterocycles. The average Bonchev–Trinajstić information content (AvgIpc) is 2.58. The number of hydrogen-bond donors (Lipinski definition) is 0. The predicted octanol–water partition coefficient (Wildman–Crippen LogP) is 3.37. The van der Waals surface area contributed by atoms with Crippen LogP contribution in [0.25, 0.3) is 0 Å². The third-order valence-corrected chi connectivity index (χ3v) is 3.33. The number of methoxy groups -OCH3 is 1. The topological polar surface area (TPSA) is 44.8 Å². The molecule has 2 rings (SSSR count). The normalized spacial score (nSPS) is 9.78. The molecule has 0 fully saturated rings. The lowest BCUT2D eigenvalue weighted by Gasteiger charge is -2.13. The molecule has 0 N–H and O–H groups in total. The van der Waals surface area contributed by atoms with E-state index in [2.05, 4.69) is 5.92 Å². The van der Waals surface area contributed by atoms with Gasteiger partial charge in [0, 0.05) is 0 Å². The van der Waals surface area contributed by atoms with Crippen molar-refractivity contribution in [1.29, 1.82) is 0 Å². The summed E-state index contributed by atoms with van der Waals surface area (Å²) in [6.45, 7) is 2.33. The highest BCUT2D eigenvalue weighted by molar-refractivity contribution is 5.90. The summed E-state index contributed by atoms with van der Waals surface area (Å²) >= 11 is 0. The zero-order valence-corrected chi connectivity index (χ0v) is 13.2. The lowest BCUT2D eigenvalue weighted by atomic mass is 10.1. The Kier molecular flexibility index (Phi) is 5.65. The summed E-state index contributed by atoms with van der Waals surface area (Å²) in [6, 6.07) is 12.8. The zero-order chi connectivity index (χ0) is 16.7. The molecule has 0 saturated heterocycles. The van der Waals surface area contributed by atoms with E-state index in [9.17, 15) is 4.79 Å². The summed E-state index contributed by atoms with van der Waals surface area (Å²) < 4.78 is 16.0. The third kappa shape index (κ3) is 4.27. The second kappa shape index (κ2) is 7.90. The van der Waals surface area contributed by atoms with Crippen molar-refractivity contribution in [1.82, 2.24) is 0 Å². The van der Waals surface area contributed by atoms with Gasteiger partial charge in [-0.1, -0.05) is 30.2 Å². The van der Waals surface area contributed by atoms with E-state index in [1.54, 1.807) is 25.3 Å². The SMILES string of the molecule is C#CCOC(=O)c1ccc(OC)c(OCc2ccccc2C)c1. The molecule has 0 spiro atoms. The van der Waals surface area contributed by atoms with Crippen LogP contribution in [0.3, 0.4) is 0 Å². The van der Waals surface area contributed by atoms with Crippen molar-refractivity contribution in [3.8, 4) is 23.8 Å². The van der Waals surface area contributed by atoms with Crippen LogP contribution in [0.15, 0.2) is 42.5 Å². The Morgan fingerprint density at radius 1 is 1.17 bits per heavy atom. The summed E-state index contributed by atoms with van der Waals surface area (Å²) in [5.41, 5.74) is 2.56. The molecule has 0 amide bonds. The maximum Gasteiger partial charge on any atom is 0.339 e.